The minimum atomic E-state index is -0.867. The van der Waals surface area contributed by atoms with Crippen LogP contribution in [0, 0.1) is 0 Å². The molecule has 10 heteroatoms. The summed E-state index contributed by atoms with van der Waals surface area (Å²) in [5.41, 5.74) is 1.26. The average Bonchev–Trinajstić information content (AvgIpc) is 3.41. The Balaban J connectivity index is 1.56. The van der Waals surface area contributed by atoms with Gasteiger partial charge in [0.05, 0.1) is 12.8 Å². The van der Waals surface area contributed by atoms with E-state index < -0.39 is 23.8 Å². The first-order chi connectivity index (χ1) is 16.0. The zero-order chi connectivity index (χ0) is 23.1. The molecule has 0 bridgehead atoms. The highest BCUT2D eigenvalue weighted by molar-refractivity contribution is 6.39. The van der Waals surface area contributed by atoms with Crippen molar-refractivity contribution < 1.29 is 33.4 Å². The Hall–Kier alpha value is -4.60. The number of nitrogens with zero attached hydrogens (tertiary/aromatic N) is 2. The minimum Gasteiger partial charge on any atom is -0.468 e. The number of aromatic nitrogens is 1. The maximum absolute atomic E-state index is 13.2. The maximum atomic E-state index is 13.2. The van der Waals surface area contributed by atoms with E-state index in [0.29, 0.717) is 17.1 Å². The Morgan fingerprint density at radius 2 is 1.91 bits per heavy atom. The van der Waals surface area contributed by atoms with E-state index in [-0.39, 0.29) is 24.6 Å². The molecule has 0 atom stereocenters. The molecular formula is C23H17N3O7. The highest BCUT2D eigenvalue weighted by Crippen LogP contribution is 2.36. The number of urea groups is 1. The molecule has 5 rings (SSSR count). The molecule has 3 heterocycles. The van der Waals surface area contributed by atoms with Crippen molar-refractivity contribution in [1.82, 2.24) is 9.88 Å². The van der Waals surface area contributed by atoms with Gasteiger partial charge in [0.15, 0.2) is 11.5 Å². The molecule has 0 spiro atoms. The van der Waals surface area contributed by atoms with Gasteiger partial charge in [-0.15, -0.1) is 0 Å². The van der Waals surface area contributed by atoms with Gasteiger partial charge >= 0.3 is 12.0 Å². The number of imide groups is 2. The Kier molecular flexibility index (Phi) is 4.82. The predicted octanol–water partition coefficient (Wildman–Crippen LogP) is 2.21. The molecule has 2 aromatic carbocycles. The minimum absolute atomic E-state index is 0.0395. The first-order valence-electron chi connectivity index (χ1n) is 9.92. The van der Waals surface area contributed by atoms with Crippen LogP contribution in [0.25, 0.3) is 17.0 Å². The molecule has 33 heavy (non-hydrogen) atoms. The van der Waals surface area contributed by atoms with Crippen LogP contribution < -0.4 is 19.7 Å². The molecule has 0 radical (unpaired) electrons. The second-order valence-corrected chi connectivity index (χ2v) is 7.30. The molecule has 4 amide bonds. The number of para-hydroxylation sites is 1. The van der Waals surface area contributed by atoms with Gasteiger partial charge < -0.3 is 18.8 Å². The second kappa shape index (κ2) is 7.83. The van der Waals surface area contributed by atoms with Crippen LogP contribution in [0.5, 0.6) is 11.5 Å². The Morgan fingerprint density at radius 3 is 2.73 bits per heavy atom. The molecule has 2 aliphatic heterocycles. The second-order valence-electron chi connectivity index (χ2n) is 7.30. The molecule has 0 aliphatic carbocycles. The molecule has 1 fully saturated rings. The summed E-state index contributed by atoms with van der Waals surface area (Å²) >= 11 is 0. The van der Waals surface area contributed by atoms with E-state index in [9.17, 15) is 19.2 Å². The lowest BCUT2D eigenvalue weighted by atomic mass is 10.1. The zero-order valence-electron chi connectivity index (χ0n) is 17.4. The highest BCUT2D eigenvalue weighted by Gasteiger charge is 2.37. The fourth-order valence-electron chi connectivity index (χ4n) is 3.80. The number of barbiturate groups is 1. The van der Waals surface area contributed by atoms with E-state index >= 15 is 0 Å². The normalized spacial score (nSPS) is 16.5. The number of esters is 1. The monoisotopic (exact) mass is 447 g/mol. The molecule has 3 aromatic rings. The van der Waals surface area contributed by atoms with Gasteiger partial charge in [-0.05, 0) is 24.3 Å². The summed E-state index contributed by atoms with van der Waals surface area (Å²) in [7, 11) is 1.30. The van der Waals surface area contributed by atoms with E-state index in [1.807, 2.05) is 18.2 Å². The van der Waals surface area contributed by atoms with Gasteiger partial charge in [-0.25, -0.2) is 9.69 Å². The third-order valence-corrected chi connectivity index (χ3v) is 5.36. The molecule has 1 saturated heterocycles. The number of fused-ring (bicyclic) bond motifs is 2. The van der Waals surface area contributed by atoms with E-state index in [0.717, 1.165) is 15.8 Å². The largest absolute Gasteiger partial charge is 0.468 e. The van der Waals surface area contributed by atoms with E-state index in [4.69, 9.17) is 14.2 Å². The van der Waals surface area contributed by atoms with Gasteiger partial charge in [0.25, 0.3) is 11.8 Å². The summed E-state index contributed by atoms with van der Waals surface area (Å²) in [5.74, 6) is -1.16. The number of carbonyl (C=O) groups is 4. The third kappa shape index (κ3) is 3.47. The molecule has 0 saturated carbocycles. The van der Waals surface area contributed by atoms with Crippen LogP contribution in [0.4, 0.5) is 10.5 Å². The number of ether oxygens (including phenoxy) is 3. The van der Waals surface area contributed by atoms with Gasteiger partial charge in [0.1, 0.15) is 12.1 Å². The molecule has 1 aromatic heterocycles. The van der Waals surface area contributed by atoms with Crippen LogP contribution in [-0.4, -0.2) is 42.3 Å². The number of amides is 4. The molecule has 0 unspecified atom stereocenters. The number of nitrogens with one attached hydrogen (secondary N) is 1. The Labute approximate surface area is 186 Å². The smallest absolute Gasteiger partial charge is 0.335 e. The summed E-state index contributed by atoms with van der Waals surface area (Å²) in [6.45, 7) is 0.000340. The van der Waals surface area contributed by atoms with Crippen LogP contribution in [-0.2, 0) is 25.7 Å². The summed E-state index contributed by atoms with van der Waals surface area (Å²) in [6.07, 6.45) is 3.05. The molecule has 10 nitrogen and oxygen atoms in total. The number of anilines is 1. The first kappa shape index (κ1) is 20.3. The van der Waals surface area contributed by atoms with Crippen LogP contribution in [0.2, 0.25) is 0 Å². The topological polar surface area (TPSA) is 116 Å². The van der Waals surface area contributed by atoms with E-state index in [1.54, 1.807) is 22.9 Å². The quantitative estimate of drug-likeness (QED) is 0.370. The number of carbonyl (C=O) groups excluding carboxylic acids is 4. The van der Waals surface area contributed by atoms with Crippen LogP contribution >= 0.6 is 0 Å². The summed E-state index contributed by atoms with van der Waals surface area (Å²) in [5, 5.41) is 2.92. The third-order valence-electron chi connectivity index (χ3n) is 5.36. The SMILES string of the molecule is COC(=O)Cn1cc(/C=C2/C(=O)NC(=O)N(c3ccc4c(c3)OCO4)C2=O)c2ccccc21. The molecule has 2 aliphatic rings. The van der Waals surface area contributed by atoms with Crippen molar-refractivity contribution in [2.45, 2.75) is 6.54 Å². The number of hydrogen-bond donors (Lipinski definition) is 1. The standard InChI is InChI=1S/C23H17N3O7/c1-31-20(27)11-25-10-13(15-4-2-3-5-17(15)25)8-16-21(28)24-23(30)26(22(16)29)14-6-7-18-19(9-14)33-12-32-18/h2-10H,11-12H2,1H3,(H,24,28,30)/b16-8-. The number of methoxy groups -OCH3 is 1. The Bertz CT molecular complexity index is 1370. The fraction of sp³-hybridized carbons (Fsp3) is 0.130. The van der Waals surface area contributed by atoms with Crippen molar-refractivity contribution in [2.24, 2.45) is 0 Å². The lowest BCUT2D eigenvalue weighted by Gasteiger charge is -2.26. The van der Waals surface area contributed by atoms with Crippen LogP contribution in [0.3, 0.4) is 0 Å². The highest BCUT2D eigenvalue weighted by atomic mass is 16.7. The van der Waals surface area contributed by atoms with Crippen molar-refractivity contribution >= 4 is 46.5 Å². The van der Waals surface area contributed by atoms with Crippen molar-refractivity contribution in [3.05, 3.63) is 59.8 Å². The van der Waals surface area contributed by atoms with E-state index in [2.05, 4.69) is 5.32 Å². The van der Waals surface area contributed by atoms with Crippen LogP contribution in [0.15, 0.2) is 54.2 Å². The molecular weight excluding hydrogens is 430 g/mol. The first-order valence-corrected chi connectivity index (χ1v) is 9.92. The zero-order valence-corrected chi connectivity index (χ0v) is 17.4. The average molecular weight is 447 g/mol. The summed E-state index contributed by atoms with van der Waals surface area (Å²) < 4.78 is 17.0. The number of hydrogen-bond acceptors (Lipinski definition) is 7. The maximum Gasteiger partial charge on any atom is 0.335 e. The van der Waals surface area contributed by atoms with E-state index in [1.165, 1.54) is 25.3 Å². The summed E-state index contributed by atoms with van der Waals surface area (Å²) in [4.78, 5) is 51.0. The van der Waals surface area contributed by atoms with Gasteiger partial charge in [0, 0.05) is 28.7 Å². The van der Waals surface area contributed by atoms with Gasteiger partial charge in [-0.3, -0.25) is 19.7 Å². The predicted molar refractivity (Wildman–Crippen MR) is 116 cm³/mol. The fourth-order valence-corrected chi connectivity index (χ4v) is 3.80. The molecule has 1 N–H and O–H groups in total. The lowest BCUT2D eigenvalue weighted by Crippen LogP contribution is -2.54. The van der Waals surface area contributed by atoms with Crippen molar-refractivity contribution in [3.63, 3.8) is 0 Å². The van der Waals surface area contributed by atoms with Gasteiger partial charge in [0.2, 0.25) is 6.79 Å². The molecule has 166 valence electrons. The van der Waals surface area contributed by atoms with Crippen molar-refractivity contribution in [3.8, 4) is 11.5 Å². The van der Waals surface area contributed by atoms with Gasteiger partial charge in [-0.1, -0.05) is 18.2 Å². The number of rotatable bonds is 4. The van der Waals surface area contributed by atoms with Crippen LogP contribution in [0.1, 0.15) is 5.56 Å². The summed E-state index contributed by atoms with van der Waals surface area (Å²) in [6, 6.07) is 11.0. The van der Waals surface area contributed by atoms with Crippen molar-refractivity contribution in [1.29, 1.82) is 0 Å². The van der Waals surface area contributed by atoms with Crippen molar-refractivity contribution in [2.75, 3.05) is 18.8 Å². The Morgan fingerprint density at radius 1 is 1.12 bits per heavy atom. The lowest BCUT2D eigenvalue weighted by molar-refractivity contribution is -0.141. The number of benzene rings is 2. The van der Waals surface area contributed by atoms with Gasteiger partial charge in [-0.2, -0.15) is 0 Å².